The minimum atomic E-state index is -3.70. The molecule has 2 aromatic carbocycles. The Morgan fingerprint density at radius 3 is 2.33 bits per heavy atom. The Balaban J connectivity index is 2.23. The lowest BCUT2D eigenvalue weighted by atomic mass is 10.2. The van der Waals surface area contributed by atoms with Crippen LogP contribution >= 0.6 is 0 Å². The zero-order valence-corrected chi connectivity index (χ0v) is 20.3. The van der Waals surface area contributed by atoms with Crippen molar-refractivity contribution in [2.24, 2.45) is 0 Å². The van der Waals surface area contributed by atoms with E-state index in [4.69, 9.17) is 14.7 Å². The summed E-state index contributed by atoms with van der Waals surface area (Å²) in [7, 11) is -2.27. The van der Waals surface area contributed by atoms with E-state index in [1.165, 1.54) is 29.6 Å². The van der Waals surface area contributed by atoms with E-state index in [1.54, 1.807) is 32.0 Å². The minimum absolute atomic E-state index is 0.0598. The number of carbonyl (C=O) groups excluding carboxylic acids is 1. The second-order valence-electron chi connectivity index (χ2n) is 7.34. The second-order valence-corrected chi connectivity index (χ2v) is 9.28. The average molecular weight is 475 g/mol. The fourth-order valence-corrected chi connectivity index (χ4v) is 4.61. The highest BCUT2D eigenvalue weighted by molar-refractivity contribution is 7.89. The number of nitrogens with one attached hydrogen (secondary N) is 2. The number of carbonyl (C=O) groups is 1. The molecule has 10 heteroatoms. The molecule has 0 aliphatic heterocycles. The van der Waals surface area contributed by atoms with Crippen LogP contribution in [0.5, 0.6) is 11.5 Å². The van der Waals surface area contributed by atoms with Crippen molar-refractivity contribution >= 4 is 27.3 Å². The van der Waals surface area contributed by atoms with Crippen molar-refractivity contribution in [1.82, 2.24) is 4.31 Å². The van der Waals surface area contributed by atoms with Gasteiger partial charge in [0.2, 0.25) is 15.9 Å². The normalized spacial score (nSPS) is 11.2. The maximum atomic E-state index is 12.8. The Morgan fingerprint density at radius 2 is 1.76 bits per heavy atom. The lowest BCUT2D eigenvalue weighted by Crippen LogP contribution is -2.30. The van der Waals surface area contributed by atoms with Gasteiger partial charge in [0, 0.05) is 13.1 Å². The van der Waals surface area contributed by atoms with Gasteiger partial charge in [0.25, 0.3) is 0 Å². The monoisotopic (exact) mass is 474 g/mol. The van der Waals surface area contributed by atoms with Gasteiger partial charge in [0.1, 0.15) is 11.5 Å². The largest absolute Gasteiger partial charge is 0.495 e. The van der Waals surface area contributed by atoms with Crippen LogP contribution in [0.15, 0.2) is 41.3 Å². The molecule has 0 aliphatic carbocycles. The van der Waals surface area contributed by atoms with Gasteiger partial charge in [0.15, 0.2) is 0 Å². The second kappa shape index (κ2) is 11.5. The molecule has 0 saturated heterocycles. The quantitative estimate of drug-likeness (QED) is 0.512. The van der Waals surface area contributed by atoms with Gasteiger partial charge in [-0.05, 0) is 50.2 Å². The van der Waals surface area contributed by atoms with Gasteiger partial charge in [0.05, 0.1) is 47.7 Å². The topological polar surface area (TPSA) is 121 Å². The van der Waals surface area contributed by atoms with Crippen molar-refractivity contribution in [1.29, 1.82) is 5.26 Å². The molecule has 0 bridgehead atoms. The molecule has 1 amide bonds. The minimum Gasteiger partial charge on any atom is -0.495 e. The number of nitrogens with zero attached hydrogens (tertiary/aromatic N) is 2. The van der Waals surface area contributed by atoms with Gasteiger partial charge in [-0.3, -0.25) is 4.79 Å². The van der Waals surface area contributed by atoms with Crippen LogP contribution in [-0.4, -0.2) is 51.5 Å². The van der Waals surface area contributed by atoms with Gasteiger partial charge in [-0.25, -0.2) is 8.42 Å². The summed E-state index contributed by atoms with van der Waals surface area (Å²) in [6, 6.07) is 11.3. The fourth-order valence-electron chi connectivity index (χ4n) is 3.12. The van der Waals surface area contributed by atoms with Crippen molar-refractivity contribution in [3.63, 3.8) is 0 Å². The standard InChI is InChI=1S/C23H30N4O5S/c1-6-27(7-2)33(29,30)18-9-11-21(31-5)20(13-18)26-23(28)15-25-19-12-17(14-24)8-10-22(19)32-16(3)4/h8-13,16,25H,6-7,15H2,1-5H3,(H,26,28). The zero-order valence-electron chi connectivity index (χ0n) is 19.5. The molecule has 33 heavy (non-hydrogen) atoms. The smallest absolute Gasteiger partial charge is 0.243 e. The molecule has 178 valence electrons. The highest BCUT2D eigenvalue weighted by atomic mass is 32.2. The SMILES string of the molecule is CCN(CC)S(=O)(=O)c1ccc(OC)c(NC(=O)CNc2cc(C#N)ccc2OC(C)C)c1. The van der Waals surface area contributed by atoms with E-state index in [1.807, 2.05) is 13.8 Å². The third-order valence-electron chi connectivity index (χ3n) is 4.70. The molecule has 0 aliphatic rings. The summed E-state index contributed by atoms with van der Waals surface area (Å²) in [4.78, 5) is 12.7. The Bertz CT molecular complexity index is 1120. The lowest BCUT2D eigenvalue weighted by molar-refractivity contribution is -0.114. The predicted molar refractivity (Wildman–Crippen MR) is 127 cm³/mol. The molecule has 2 aromatic rings. The average Bonchev–Trinajstić information content (AvgIpc) is 2.78. The van der Waals surface area contributed by atoms with Crippen molar-refractivity contribution in [3.8, 4) is 17.6 Å². The molecule has 0 radical (unpaired) electrons. The third kappa shape index (κ3) is 6.60. The van der Waals surface area contributed by atoms with Gasteiger partial charge < -0.3 is 20.1 Å². The van der Waals surface area contributed by atoms with E-state index >= 15 is 0 Å². The van der Waals surface area contributed by atoms with Gasteiger partial charge in [-0.2, -0.15) is 9.57 Å². The summed E-state index contributed by atoms with van der Waals surface area (Å²) in [5.41, 5.74) is 1.16. The van der Waals surface area contributed by atoms with E-state index in [9.17, 15) is 13.2 Å². The molecule has 0 unspecified atom stereocenters. The molecule has 0 aromatic heterocycles. The number of benzene rings is 2. The maximum Gasteiger partial charge on any atom is 0.243 e. The first kappa shape index (κ1) is 26.0. The van der Waals surface area contributed by atoms with Crippen molar-refractivity contribution in [2.75, 3.05) is 37.4 Å². The summed E-state index contributed by atoms with van der Waals surface area (Å²) in [5, 5.41) is 14.8. The Morgan fingerprint density at radius 1 is 1.09 bits per heavy atom. The molecule has 0 saturated carbocycles. The third-order valence-corrected chi connectivity index (χ3v) is 6.74. The van der Waals surface area contributed by atoms with Gasteiger partial charge in [-0.15, -0.1) is 0 Å². The molecule has 2 N–H and O–H groups in total. The van der Waals surface area contributed by atoms with Crippen LogP contribution in [0.25, 0.3) is 0 Å². The Kier molecular flexibility index (Phi) is 9.08. The number of ether oxygens (including phenoxy) is 2. The molecular formula is C23H30N4O5S. The molecular weight excluding hydrogens is 444 g/mol. The molecule has 0 spiro atoms. The van der Waals surface area contributed by atoms with Crippen LogP contribution in [0, 0.1) is 11.3 Å². The molecule has 0 fully saturated rings. The van der Waals surface area contributed by atoms with Crippen LogP contribution in [0.2, 0.25) is 0 Å². The number of hydrogen-bond acceptors (Lipinski definition) is 7. The highest BCUT2D eigenvalue weighted by Gasteiger charge is 2.23. The van der Waals surface area contributed by atoms with Gasteiger partial charge in [-0.1, -0.05) is 13.8 Å². The first-order valence-electron chi connectivity index (χ1n) is 10.6. The van der Waals surface area contributed by atoms with E-state index in [0.717, 1.165) is 0 Å². The molecule has 2 rings (SSSR count). The maximum absolute atomic E-state index is 12.8. The van der Waals surface area contributed by atoms with E-state index < -0.39 is 15.9 Å². The first-order chi connectivity index (χ1) is 15.7. The molecule has 9 nitrogen and oxygen atoms in total. The first-order valence-corrected chi connectivity index (χ1v) is 12.0. The summed E-state index contributed by atoms with van der Waals surface area (Å²) in [5.74, 6) is 0.419. The van der Waals surface area contributed by atoms with Crippen LogP contribution in [0.4, 0.5) is 11.4 Å². The predicted octanol–water partition coefficient (Wildman–Crippen LogP) is 3.44. The zero-order chi connectivity index (χ0) is 24.6. The van der Waals surface area contributed by atoms with E-state index in [-0.39, 0.29) is 23.2 Å². The Hall–Kier alpha value is -3.29. The van der Waals surface area contributed by atoms with Crippen LogP contribution in [0.1, 0.15) is 33.3 Å². The number of nitriles is 1. The highest BCUT2D eigenvalue weighted by Crippen LogP contribution is 2.30. The van der Waals surface area contributed by atoms with Crippen molar-refractivity contribution in [3.05, 3.63) is 42.0 Å². The summed E-state index contributed by atoms with van der Waals surface area (Å²) in [6.45, 7) is 7.80. The van der Waals surface area contributed by atoms with Crippen molar-refractivity contribution in [2.45, 2.75) is 38.7 Å². The lowest BCUT2D eigenvalue weighted by Gasteiger charge is -2.20. The van der Waals surface area contributed by atoms with Crippen molar-refractivity contribution < 1.29 is 22.7 Å². The van der Waals surface area contributed by atoms with Crippen LogP contribution < -0.4 is 20.1 Å². The summed E-state index contributed by atoms with van der Waals surface area (Å²) >= 11 is 0. The number of anilines is 2. The number of amides is 1. The number of methoxy groups -OCH3 is 1. The number of hydrogen-bond donors (Lipinski definition) is 2. The Labute approximate surface area is 195 Å². The summed E-state index contributed by atoms with van der Waals surface area (Å²) in [6.07, 6.45) is -0.0907. The van der Waals surface area contributed by atoms with E-state index in [0.29, 0.717) is 35.8 Å². The van der Waals surface area contributed by atoms with Crippen LogP contribution in [-0.2, 0) is 14.8 Å². The number of sulfonamides is 1. The number of rotatable bonds is 11. The molecule has 0 heterocycles. The van der Waals surface area contributed by atoms with E-state index in [2.05, 4.69) is 16.7 Å². The fraction of sp³-hybridized carbons (Fsp3) is 0.391. The summed E-state index contributed by atoms with van der Waals surface area (Å²) < 4.78 is 38.0. The molecule has 0 atom stereocenters. The van der Waals surface area contributed by atoms with Crippen LogP contribution in [0.3, 0.4) is 0 Å². The van der Waals surface area contributed by atoms with Gasteiger partial charge >= 0.3 is 0 Å².